The molecule has 1 atom stereocenters. The Morgan fingerprint density at radius 1 is 1.48 bits per heavy atom. The number of nitrogens with zero attached hydrogens (tertiary/aromatic N) is 1. The number of hydrogen-bond donors (Lipinski definition) is 2. The summed E-state index contributed by atoms with van der Waals surface area (Å²) in [7, 11) is 1.44. The van der Waals surface area contributed by atoms with Crippen molar-refractivity contribution in [3.63, 3.8) is 0 Å². The maximum absolute atomic E-state index is 12.2. The second kappa shape index (κ2) is 7.58. The fourth-order valence-corrected chi connectivity index (χ4v) is 2.02. The lowest BCUT2D eigenvalue weighted by Gasteiger charge is -2.17. The molecule has 0 aliphatic carbocycles. The van der Waals surface area contributed by atoms with Crippen molar-refractivity contribution >= 4 is 17.3 Å². The number of benzene rings is 1. The van der Waals surface area contributed by atoms with E-state index in [0.29, 0.717) is 18.1 Å². The Morgan fingerprint density at radius 2 is 2.14 bits per heavy atom. The quantitative estimate of drug-likeness (QED) is 0.592. The van der Waals surface area contributed by atoms with Crippen LogP contribution in [0.4, 0.5) is 11.4 Å². The maximum atomic E-state index is 12.2. The summed E-state index contributed by atoms with van der Waals surface area (Å²) in [6, 6.07) is 4.05. The molecule has 7 nitrogen and oxygen atoms in total. The molecule has 1 aromatic rings. The number of carbonyl (C=O) groups is 1. The minimum absolute atomic E-state index is 0.112. The van der Waals surface area contributed by atoms with Crippen molar-refractivity contribution < 1.29 is 14.5 Å². The summed E-state index contributed by atoms with van der Waals surface area (Å²) in [6.45, 7) is 4.23. The van der Waals surface area contributed by atoms with Gasteiger partial charge < -0.3 is 15.8 Å². The molecule has 1 unspecified atom stereocenters. The van der Waals surface area contributed by atoms with Crippen LogP contribution in [-0.2, 0) is 4.79 Å². The second-order valence-electron chi connectivity index (χ2n) is 5.19. The minimum atomic E-state index is -0.524. The van der Waals surface area contributed by atoms with Gasteiger partial charge in [0.15, 0.2) is 0 Å². The summed E-state index contributed by atoms with van der Waals surface area (Å²) in [4.78, 5) is 22.5. The van der Waals surface area contributed by atoms with Crippen LogP contribution in [0.5, 0.6) is 5.75 Å². The zero-order chi connectivity index (χ0) is 16.0. The van der Waals surface area contributed by atoms with Gasteiger partial charge in [0.05, 0.1) is 23.6 Å². The summed E-state index contributed by atoms with van der Waals surface area (Å²) in [5, 5.41) is 13.5. The van der Waals surface area contributed by atoms with Crippen molar-refractivity contribution in [2.75, 3.05) is 19.0 Å². The Labute approximate surface area is 123 Å². The number of rotatable bonds is 7. The number of carbonyl (C=O) groups excluding carboxylic acids is 1. The van der Waals surface area contributed by atoms with E-state index in [1.165, 1.54) is 25.3 Å². The van der Waals surface area contributed by atoms with Gasteiger partial charge in [-0.2, -0.15) is 0 Å². The number of nitro groups is 1. The fraction of sp³-hybridized carbons (Fsp3) is 0.500. The van der Waals surface area contributed by atoms with Gasteiger partial charge in [-0.25, -0.2) is 0 Å². The molecule has 1 aromatic carbocycles. The number of nitrogens with two attached hydrogens (primary N) is 1. The van der Waals surface area contributed by atoms with Crippen LogP contribution < -0.4 is 15.8 Å². The maximum Gasteiger partial charge on any atom is 0.271 e. The van der Waals surface area contributed by atoms with E-state index in [9.17, 15) is 14.9 Å². The summed E-state index contributed by atoms with van der Waals surface area (Å²) in [6.07, 6.45) is 0.652. The highest BCUT2D eigenvalue weighted by Gasteiger charge is 2.20. The van der Waals surface area contributed by atoms with Crippen LogP contribution in [0.15, 0.2) is 18.2 Å². The number of anilines is 1. The molecular weight excluding hydrogens is 274 g/mol. The largest absolute Gasteiger partial charge is 0.495 e. The van der Waals surface area contributed by atoms with Crippen LogP contribution in [0.1, 0.15) is 20.3 Å². The Kier molecular flexibility index (Phi) is 6.10. The molecule has 0 bridgehead atoms. The van der Waals surface area contributed by atoms with E-state index < -0.39 is 4.92 Å². The molecule has 0 heterocycles. The smallest absolute Gasteiger partial charge is 0.271 e. The molecule has 0 spiro atoms. The van der Waals surface area contributed by atoms with Gasteiger partial charge in [-0.3, -0.25) is 14.9 Å². The average Bonchev–Trinajstić information content (AvgIpc) is 2.44. The molecule has 0 radical (unpaired) electrons. The molecule has 0 aromatic heterocycles. The lowest BCUT2D eigenvalue weighted by atomic mass is 9.96. The first-order valence-electron chi connectivity index (χ1n) is 6.72. The molecule has 1 amide bonds. The Hall–Kier alpha value is -2.15. The average molecular weight is 295 g/mol. The van der Waals surface area contributed by atoms with Gasteiger partial charge in [-0.15, -0.1) is 0 Å². The molecule has 1 rings (SSSR count). The van der Waals surface area contributed by atoms with Gasteiger partial charge in [0.25, 0.3) is 5.69 Å². The lowest BCUT2D eigenvalue weighted by Crippen LogP contribution is -2.30. The van der Waals surface area contributed by atoms with E-state index in [4.69, 9.17) is 10.5 Å². The van der Waals surface area contributed by atoms with E-state index in [1.54, 1.807) is 0 Å². The van der Waals surface area contributed by atoms with Crippen molar-refractivity contribution in [2.45, 2.75) is 20.3 Å². The van der Waals surface area contributed by atoms with Crippen LogP contribution in [0, 0.1) is 22.0 Å². The SMILES string of the molecule is COc1ccc([N+](=O)[O-])cc1NC(=O)C(CN)CC(C)C. The highest BCUT2D eigenvalue weighted by atomic mass is 16.6. The van der Waals surface area contributed by atoms with Gasteiger partial charge in [0, 0.05) is 18.7 Å². The predicted molar refractivity (Wildman–Crippen MR) is 80.3 cm³/mol. The van der Waals surface area contributed by atoms with Crippen LogP contribution in [-0.4, -0.2) is 24.5 Å². The number of methoxy groups -OCH3 is 1. The zero-order valence-corrected chi connectivity index (χ0v) is 12.5. The zero-order valence-electron chi connectivity index (χ0n) is 12.5. The number of nitrogens with one attached hydrogen (secondary N) is 1. The van der Waals surface area contributed by atoms with Gasteiger partial charge in [-0.1, -0.05) is 13.8 Å². The van der Waals surface area contributed by atoms with Crippen molar-refractivity contribution in [3.8, 4) is 5.75 Å². The Balaban J connectivity index is 2.96. The first-order valence-corrected chi connectivity index (χ1v) is 6.72. The molecule has 0 fully saturated rings. The third kappa shape index (κ3) is 4.71. The van der Waals surface area contributed by atoms with E-state index in [-0.39, 0.29) is 29.7 Å². The Bertz CT molecular complexity index is 517. The number of nitro benzene ring substituents is 1. The third-order valence-electron chi connectivity index (χ3n) is 3.06. The van der Waals surface area contributed by atoms with Crippen molar-refractivity contribution in [3.05, 3.63) is 28.3 Å². The number of amides is 1. The van der Waals surface area contributed by atoms with E-state index in [1.807, 2.05) is 13.8 Å². The van der Waals surface area contributed by atoms with Gasteiger partial charge in [-0.05, 0) is 18.4 Å². The van der Waals surface area contributed by atoms with E-state index in [0.717, 1.165) is 0 Å². The van der Waals surface area contributed by atoms with Crippen molar-refractivity contribution in [1.82, 2.24) is 0 Å². The number of hydrogen-bond acceptors (Lipinski definition) is 5. The topological polar surface area (TPSA) is 107 Å². The molecular formula is C14H21N3O4. The van der Waals surface area contributed by atoms with Crippen molar-refractivity contribution in [1.29, 1.82) is 0 Å². The molecule has 0 saturated carbocycles. The highest BCUT2D eigenvalue weighted by molar-refractivity contribution is 5.94. The molecule has 7 heteroatoms. The minimum Gasteiger partial charge on any atom is -0.495 e. The van der Waals surface area contributed by atoms with Gasteiger partial charge in [0.1, 0.15) is 5.75 Å². The molecule has 116 valence electrons. The highest BCUT2D eigenvalue weighted by Crippen LogP contribution is 2.29. The van der Waals surface area contributed by atoms with Crippen LogP contribution in [0.2, 0.25) is 0 Å². The van der Waals surface area contributed by atoms with Crippen molar-refractivity contribution in [2.24, 2.45) is 17.6 Å². The third-order valence-corrected chi connectivity index (χ3v) is 3.06. The lowest BCUT2D eigenvalue weighted by molar-refractivity contribution is -0.384. The normalized spacial score (nSPS) is 12.0. The van der Waals surface area contributed by atoms with E-state index in [2.05, 4.69) is 5.32 Å². The fourth-order valence-electron chi connectivity index (χ4n) is 2.02. The summed E-state index contributed by atoms with van der Waals surface area (Å²) >= 11 is 0. The van der Waals surface area contributed by atoms with Crippen LogP contribution in [0.3, 0.4) is 0 Å². The molecule has 0 saturated heterocycles. The van der Waals surface area contributed by atoms with Gasteiger partial charge in [0.2, 0.25) is 5.91 Å². The standard InChI is InChI=1S/C14H21N3O4/c1-9(2)6-10(8-15)14(18)16-12-7-11(17(19)20)4-5-13(12)21-3/h4-5,7,9-10H,6,8,15H2,1-3H3,(H,16,18). The predicted octanol–water partition coefficient (Wildman–Crippen LogP) is 2.16. The number of non-ortho nitro benzene ring substituents is 1. The molecule has 3 N–H and O–H groups in total. The molecule has 0 aliphatic rings. The Morgan fingerprint density at radius 3 is 2.62 bits per heavy atom. The van der Waals surface area contributed by atoms with E-state index >= 15 is 0 Å². The van der Waals surface area contributed by atoms with Crippen LogP contribution in [0.25, 0.3) is 0 Å². The molecule has 21 heavy (non-hydrogen) atoms. The van der Waals surface area contributed by atoms with Gasteiger partial charge >= 0.3 is 0 Å². The van der Waals surface area contributed by atoms with Crippen LogP contribution >= 0.6 is 0 Å². The number of ether oxygens (including phenoxy) is 1. The summed E-state index contributed by atoms with van der Waals surface area (Å²) in [5.41, 5.74) is 5.79. The summed E-state index contributed by atoms with van der Waals surface area (Å²) < 4.78 is 5.11. The first kappa shape index (κ1) is 16.9. The second-order valence-corrected chi connectivity index (χ2v) is 5.19. The first-order chi connectivity index (χ1) is 9.88. The monoisotopic (exact) mass is 295 g/mol. The summed E-state index contributed by atoms with van der Waals surface area (Å²) in [5.74, 6) is 0.101. The molecule has 0 aliphatic heterocycles.